The lowest BCUT2D eigenvalue weighted by molar-refractivity contribution is 0.117. The zero-order valence-corrected chi connectivity index (χ0v) is 12.5. The second-order valence-electron chi connectivity index (χ2n) is 6.32. The minimum Gasteiger partial charge on any atom is -0.311 e. The summed E-state index contributed by atoms with van der Waals surface area (Å²) in [4.78, 5) is 2.78. The van der Waals surface area contributed by atoms with Gasteiger partial charge in [0.25, 0.3) is 0 Å². The first-order valence-corrected chi connectivity index (χ1v) is 8.32. The van der Waals surface area contributed by atoms with Gasteiger partial charge in [-0.05, 0) is 38.1 Å². The molecule has 1 N–H and O–H groups in total. The van der Waals surface area contributed by atoms with E-state index < -0.39 is 0 Å². The van der Waals surface area contributed by atoms with E-state index in [1.165, 1.54) is 71.0 Å². The lowest BCUT2D eigenvalue weighted by atomic mass is 10.0. The van der Waals surface area contributed by atoms with Crippen molar-refractivity contribution >= 4 is 0 Å². The first-order chi connectivity index (χ1) is 8.85. The Balaban J connectivity index is 1.68. The van der Waals surface area contributed by atoms with Crippen LogP contribution in [0, 0.1) is 5.92 Å². The van der Waals surface area contributed by atoms with Crippen molar-refractivity contribution in [3.05, 3.63) is 0 Å². The van der Waals surface area contributed by atoms with Crippen molar-refractivity contribution in [3.8, 4) is 0 Å². The van der Waals surface area contributed by atoms with Crippen LogP contribution in [0.4, 0.5) is 0 Å². The molecule has 2 atom stereocenters. The highest BCUT2D eigenvalue weighted by molar-refractivity contribution is 4.94. The van der Waals surface area contributed by atoms with Gasteiger partial charge in [0, 0.05) is 25.2 Å². The maximum atomic E-state index is 3.78. The first kappa shape index (κ1) is 14.3. The van der Waals surface area contributed by atoms with Crippen LogP contribution in [0.1, 0.15) is 65.2 Å². The molecule has 1 aliphatic heterocycles. The Morgan fingerprint density at radius 2 is 1.83 bits per heavy atom. The van der Waals surface area contributed by atoms with Gasteiger partial charge in [-0.2, -0.15) is 0 Å². The molecule has 2 unspecified atom stereocenters. The molecule has 0 spiro atoms. The molecule has 2 nitrogen and oxygen atoms in total. The summed E-state index contributed by atoms with van der Waals surface area (Å²) in [5.74, 6) is 1.00. The Bertz CT molecular complexity index is 225. The standard InChI is InChI=1S/C16H32N2/c1-3-5-6-7-8-11-18-13-16(14-9-10-14)17-12-15(18)4-2/h14-17H,3-13H2,1-2H3. The molecule has 0 aromatic rings. The molecule has 0 aromatic carbocycles. The molecule has 2 fully saturated rings. The SMILES string of the molecule is CCCCCCCN1CC(C2CC2)NCC1CC. The molecule has 106 valence electrons. The number of rotatable bonds is 8. The summed E-state index contributed by atoms with van der Waals surface area (Å²) in [7, 11) is 0. The van der Waals surface area contributed by atoms with E-state index in [1.807, 2.05) is 0 Å². The van der Waals surface area contributed by atoms with E-state index >= 15 is 0 Å². The van der Waals surface area contributed by atoms with Crippen molar-refractivity contribution in [2.75, 3.05) is 19.6 Å². The Labute approximate surface area is 114 Å². The van der Waals surface area contributed by atoms with Crippen LogP contribution >= 0.6 is 0 Å². The van der Waals surface area contributed by atoms with Gasteiger partial charge in [0.1, 0.15) is 0 Å². The fourth-order valence-corrected chi connectivity index (χ4v) is 3.29. The maximum absolute atomic E-state index is 3.78. The van der Waals surface area contributed by atoms with Gasteiger partial charge in [0.15, 0.2) is 0 Å². The topological polar surface area (TPSA) is 15.3 Å². The normalized spacial score (nSPS) is 29.7. The molecule has 1 heterocycles. The summed E-state index contributed by atoms with van der Waals surface area (Å²) in [6, 6.07) is 1.61. The Kier molecular flexibility index (Phi) is 5.97. The summed E-state index contributed by atoms with van der Waals surface area (Å²) in [6.07, 6.45) is 11.3. The summed E-state index contributed by atoms with van der Waals surface area (Å²) >= 11 is 0. The van der Waals surface area contributed by atoms with E-state index in [0.717, 1.165) is 18.0 Å². The molecule has 2 heteroatoms. The second kappa shape index (κ2) is 7.49. The van der Waals surface area contributed by atoms with Crippen molar-refractivity contribution in [3.63, 3.8) is 0 Å². The molecule has 0 bridgehead atoms. The van der Waals surface area contributed by atoms with Crippen molar-refractivity contribution < 1.29 is 0 Å². The van der Waals surface area contributed by atoms with E-state index in [9.17, 15) is 0 Å². The van der Waals surface area contributed by atoms with Crippen LogP contribution in [-0.2, 0) is 0 Å². The number of unbranched alkanes of at least 4 members (excludes halogenated alkanes) is 4. The fourth-order valence-electron chi connectivity index (χ4n) is 3.29. The van der Waals surface area contributed by atoms with Gasteiger partial charge >= 0.3 is 0 Å². The Hall–Kier alpha value is -0.0800. The molecule has 0 aromatic heterocycles. The van der Waals surface area contributed by atoms with E-state index in [0.29, 0.717) is 0 Å². The minimum atomic E-state index is 0.797. The third-order valence-corrected chi connectivity index (χ3v) is 4.77. The van der Waals surface area contributed by atoms with Crippen molar-refractivity contribution in [1.29, 1.82) is 0 Å². The highest BCUT2D eigenvalue weighted by Gasteiger charge is 2.36. The maximum Gasteiger partial charge on any atom is 0.0224 e. The summed E-state index contributed by atoms with van der Waals surface area (Å²) in [5.41, 5.74) is 0. The third kappa shape index (κ3) is 4.24. The number of piperazine rings is 1. The van der Waals surface area contributed by atoms with Crippen molar-refractivity contribution in [2.24, 2.45) is 5.92 Å². The van der Waals surface area contributed by atoms with Gasteiger partial charge in [-0.1, -0.05) is 39.5 Å². The fraction of sp³-hybridized carbons (Fsp3) is 1.00. The van der Waals surface area contributed by atoms with Crippen LogP contribution in [-0.4, -0.2) is 36.6 Å². The molecular formula is C16H32N2. The van der Waals surface area contributed by atoms with Crippen molar-refractivity contribution in [2.45, 2.75) is 77.3 Å². The molecular weight excluding hydrogens is 220 g/mol. The summed E-state index contributed by atoms with van der Waals surface area (Å²) in [5, 5.41) is 3.78. The third-order valence-electron chi connectivity index (χ3n) is 4.77. The molecule has 2 rings (SSSR count). The molecule has 2 aliphatic rings. The average Bonchev–Trinajstić information content (AvgIpc) is 3.22. The smallest absolute Gasteiger partial charge is 0.0224 e. The van der Waals surface area contributed by atoms with E-state index in [2.05, 4.69) is 24.1 Å². The quantitative estimate of drug-likeness (QED) is 0.666. The average molecular weight is 252 g/mol. The zero-order valence-electron chi connectivity index (χ0n) is 12.5. The van der Waals surface area contributed by atoms with Gasteiger partial charge in [-0.3, -0.25) is 4.90 Å². The van der Waals surface area contributed by atoms with Crippen LogP contribution in [0.15, 0.2) is 0 Å². The molecule has 0 amide bonds. The second-order valence-corrected chi connectivity index (χ2v) is 6.32. The van der Waals surface area contributed by atoms with Crippen molar-refractivity contribution in [1.82, 2.24) is 10.2 Å². The first-order valence-electron chi connectivity index (χ1n) is 8.32. The number of hydrogen-bond donors (Lipinski definition) is 1. The van der Waals surface area contributed by atoms with Gasteiger partial charge in [-0.15, -0.1) is 0 Å². The van der Waals surface area contributed by atoms with Crippen LogP contribution in [0.3, 0.4) is 0 Å². The largest absolute Gasteiger partial charge is 0.311 e. The summed E-state index contributed by atoms with van der Waals surface area (Å²) in [6.45, 7) is 8.52. The lowest BCUT2D eigenvalue weighted by Crippen LogP contribution is -2.57. The molecule has 1 saturated carbocycles. The minimum absolute atomic E-state index is 0.797. The van der Waals surface area contributed by atoms with Gasteiger partial charge in [0.05, 0.1) is 0 Å². The van der Waals surface area contributed by atoms with Crippen LogP contribution in [0.2, 0.25) is 0 Å². The Morgan fingerprint density at radius 1 is 1.06 bits per heavy atom. The number of hydrogen-bond acceptors (Lipinski definition) is 2. The van der Waals surface area contributed by atoms with E-state index in [1.54, 1.807) is 0 Å². The highest BCUT2D eigenvalue weighted by Crippen LogP contribution is 2.34. The highest BCUT2D eigenvalue weighted by atomic mass is 15.2. The molecule has 1 saturated heterocycles. The monoisotopic (exact) mass is 252 g/mol. The predicted molar refractivity (Wildman–Crippen MR) is 78.9 cm³/mol. The molecule has 0 radical (unpaired) electrons. The van der Waals surface area contributed by atoms with Crippen LogP contribution in [0.5, 0.6) is 0 Å². The molecule has 1 aliphatic carbocycles. The van der Waals surface area contributed by atoms with Gasteiger partial charge < -0.3 is 5.32 Å². The Morgan fingerprint density at radius 3 is 2.50 bits per heavy atom. The number of nitrogens with one attached hydrogen (secondary N) is 1. The molecule has 18 heavy (non-hydrogen) atoms. The van der Waals surface area contributed by atoms with Gasteiger partial charge in [-0.25, -0.2) is 0 Å². The van der Waals surface area contributed by atoms with E-state index in [4.69, 9.17) is 0 Å². The summed E-state index contributed by atoms with van der Waals surface area (Å²) < 4.78 is 0. The predicted octanol–water partition coefficient (Wildman–Crippen LogP) is 3.42. The zero-order chi connectivity index (χ0) is 12.8. The number of nitrogens with zero attached hydrogens (tertiary/aromatic N) is 1. The van der Waals surface area contributed by atoms with E-state index in [-0.39, 0.29) is 0 Å². The lowest BCUT2D eigenvalue weighted by Gasteiger charge is -2.40. The van der Waals surface area contributed by atoms with Gasteiger partial charge in [0.2, 0.25) is 0 Å². The van der Waals surface area contributed by atoms with Crippen LogP contribution in [0.25, 0.3) is 0 Å². The van der Waals surface area contributed by atoms with Crippen LogP contribution < -0.4 is 5.32 Å².